The highest BCUT2D eigenvalue weighted by Crippen LogP contribution is 2.32. The molecule has 0 bridgehead atoms. The van der Waals surface area contributed by atoms with Crippen molar-refractivity contribution in [2.24, 2.45) is 7.05 Å². The average molecular weight is 292 g/mol. The first kappa shape index (κ1) is 12.8. The van der Waals surface area contributed by atoms with E-state index < -0.39 is 0 Å². The Morgan fingerprint density at radius 3 is 2.82 bits per heavy atom. The van der Waals surface area contributed by atoms with Gasteiger partial charge in [0.15, 0.2) is 0 Å². The van der Waals surface area contributed by atoms with Crippen LogP contribution in [0, 0.1) is 5.82 Å². The van der Waals surface area contributed by atoms with E-state index in [-0.39, 0.29) is 5.82 Å². The SMILES string of the molecule is Cn1cnc2ccc(-c3cn[nH]c3-c3ccccc3F)cc21. The Kier molecular flexibility index (Phi) is 2.79. The Morgan fingerprint density at radius 2 is 1.95 bits per heavy atom. The van der Waals surface area contributed by atoms with Crippen molar-refractivity contribution in [1.82, 2.24) is 19.7 Å². The number of nitrogens with zero attached hydrogens (tertiary/aromatic N) is 3. The summed E-state index contributed by atoms with van der Waals surface area (Å²) in [5.41, 5.74) is 5.00. The lowest BCUT2D eigenvalue weighted by molar-refractivity contribution is 0.630. The maximum Gasteiger partial charge on any atom is 0.132 e. The van der Waals surface area contributed by atoms with Crippen LogP contribution in [0.3, 0.4) is 0 Å². The molecule has 0 amide bonds. The predicted octanol–water partition coefficient (Wildman–Crippen LogP) is 3.77. The fourth-order valence-electron chi connectivity index (χ4n) is 2.67. The third-order valence-corrected chi connectivity index (χ3v) is 3.82. The van der Waals surface area contributed by atoms with E-state index in [4.69, 9.17) is 0 Å². The molecular weight excluding hydrogens is 279 g/mol. The van der Waals surface area contributed by atoms with E-state index in [2.05, 4.69) is 15.2 Å². The van der Waals surface area contributed by atoms with Gasteiger partial charge in [-0.15, -0.1) is 0 Å². The van der Waals surface area contributed by atoms with Crippen molar-refractivity contribution < 1.29 is 4.39 Å². The number of nitrogens with one attached hydrogen (secondary N) is 1. The zero-order chi connectivity index (χ0) is 15.1. The third kappa shape index (κ3) is 1.90. The maximum atomic E-state index is 14.1. The van der Waals surface area contributed by atoms with E-state index in [1.807, 2.05) is 35.9 Å². The summed E-state index contributed by atoms with van der Waals surface area (Å²) in [6.07, 6.45) is 3.50. The Hall–Kier alpha value is -2.95. The molecule has 0 fully saturated rings. The van der Waals surface area contributed by atoms with E-state index in [0.717, 1.165) is 22.2 Å². The molecule has 0 saturated heterocycles. The van der Waals surface area contributed by atoms with Gasteiger partial charge in [-0.05, 0) is 29.8 Å². The highest BCUT2D eigenvalue weighted by atomic mass is 19.1. The van der Waals surface area contributed by atoms with E-state index in [9.17, 15) is 4.39 Å². The number of hydrogen-bond donors (Lipinski definition) is 1. The number of halogens is 1. The number of aromatic nitrogens is 4. The van der Waals surface area contributed by atoms with Gasteiger partial charge in [0.05, 0.1) is 29.3 Å². The average Bonchev–Trinajstić information content (AvgIpc) is 3.15. The van der Waals surface area contributed by atoms with Crippen LogP contribution in [0.15, 0.2) is 55.0 Å². The number of H-pyrrole nitrogens is 1. The van der Waals surface area contributed by atoms with Crippen LogP contribution < -0.4 is 0 Å². The molecule has 0 aliphatic heterocycles. The van der Waals surface area contributed by atoms with Gasteiger partial charge in [0.1, 0.15) is 5.82 Å². The summed E-state index contributed by atoms with van der Waals surface area (Å²) in [5, 5.41) is 7.00. The summed E-state index contributed by atoms with van der Waals surface area (Å²) < 4.78 is 16.0. The second kappa shape index (κ2) is 4.80. The Labute approximate surface area is 126 Å². The van der Waals surface area contributed by atoms with Crippen LogP contribution >= 0.6 is 0 Å². The number of aryl methyl sites for hydroxylation is 1. The fourth-order valence-corrected chi connectivity index (χ4v) is 2.67. The third-order valence-electron chi connectivity index (χ3n) is 3.82. The van der Waals surface area contributed by atoms with Crippen molar-refractivity contribution in [3.05, 3.63) is 60.8 Å². The van der Waals surface area contributed by atoms with E-state index in [1.165, 1.54) is 6.07 Å². The van der Waals surface area contributed by atoms with Crippen LogP contribution in [0.1, 0.15) is 0 Å². The first-order valence-electron chi connectivity index (χ1n) is 6.94. The number of fused-ring (bicyclic) bond motifs is 1. The van der Waals surface area contributed by atoms with Crippen LogP contribution in [-0.2, 0) is 7.05 Å². The number of hydrogen-bond acceptors (Lipinski definition) is 2. The molecule has 4 aromatic rings. The van der Waals surface area contributed by atoms with Crippen LogP contribution in [0.5, 0.6) is 0 Å². The molecule has 0 aliphatic rings. The molecule has 0 unspecified atom stereocenters. The monoisotopic (exact) mass is 292 g/mol. The minimum atomic E-state index is -0.269. The first-order valence-corrected chi connectivity index (χ1v) is 6.94. The molecule has 4 nitrogen and oxygen atoms in total. The summed E-state index contributed by atoms with van der Waals surface area (Å²) in [5.74, 6) is -0.269. The molecule has 0 radical (unpaired) electrons. The first-order chi connectivity index (χ1) is 10.7. The van der Waals surface area contributed by atoms with Crippen molar-refractivity contribution in [1.29, 1.82) is 0 Å². The quantitative estimate of drug-likeness (QED) is 0.611. The molecular formula is C17H13FN4. The molecule has 5 heteroatoms. The van der Waals surface area contributed by atoms with Gasteiger partial charge < -0.3 is 4.57 Å². The topological polar surface area (TPSA) is 46.5 Å². The van der Waals surface area contributed by atoms with Crippen LogP contribution in [-0.4, -0.2) is 19.7 Å². The predicted molar refractivity (Wildman–Crippen MR) is 83.7 cm³/mol. The molecule has 0 aliphatic carbocycles. The Morgan fingerprint density at radius 1 is 1.09 bits per heavy atom. The number of rotatable bonds is 2. The van der Waals surface area contributed by atoms with Crippen LogP contribution in [0.4, 0.5) is 4.39 Å². The van der Waals surface area contributed by atoms with Gasteiger partial charge in [0.25, 0.3) is 0 Å². The van der Waals surface area contributed by atoms with Gasteiger partial charge in [-0.1, -0.05) is 18.2 Å². The van der Waals surface area contributed by atoms with Gasteiger partial charge in [0.2, 0.25) is 0 Å². The summed E-state index contributed by atoms with van der Waals surface area (Å²) in [4.78, 5) is 4.31. The van der Waals surface area contributed by atoms with Gasteiger partial charge in [-0.3, -0.25) is 5.10 Å². The fraction of sp³-hybridized carbons (Fsp3) is 0.0588. The minimum absolute atomic E-state index is 0.269. The molecule has 0 atom stereocenters. The highest BCUT2D eigenvalue weighted by Gasteiger charge is 2.14. The smallest absolute Gasteiger partial charge is 0.132 e. The second-order valence-corrected chi connectivity index (χ2v) is 5.20. The second-order valence-electron chi connectivity index (χ2n) is 5.20. The number of aromatic amines is 1. The lowest BCUT2D eigenvalue weighted by Crippen LogP contribution is -1.88. The van der Waals surface area contributed by atoms with Crippen molar-refractivity contribution in [3.63, 3.8) is 0 Å². The molecule has 4 rings (SSSR count). The lowest BCUT2D eigenvalue weighted by Gasteiger charge is -2.05. The van der Waals surface area contributed by atoms with Crippen molar-refractivity contribution in [2.45, 2.75) is 0 Å². The standard InChI is InChI=1S/C17H13FN4/c1-22-10-19-15-7-6-11(8-16(15)22)13-9-20-21-17(13)12-4-2-3-5-14(12)18/h2-10H,1H3,(H,20,21). The minimum Gasteiger partial charge on any atom is -0.334 e. The Bertz CT molecular complexity index is 968. The normalized spacial score (nSPS) is 11.2. The molecule has 108 valence electrons. The van der Waals surface area contributed by atoms with Crippen molar-refractivity contribution in [3.8, 4) is 22.4 Å². The summed E-state index contributed by atoms with van der Waals surface area (Å²) in [6, 6.07) is 12.7. The highest BCUT2D eigenvalue weighted by molar-refractivity contribution is 5.87. The van der Waals surface area contributed by atoms with Gasteiger partial charge in [-0.2, -0.15) is 5.10 Å². The van der Waals surface area contributed by atoms with Gasteiger partial charge >= 0.3 is 0 Å². The van der Waals surface area contributed by atoms with Crippen molar-refractivity contribution in [2.75, 3.05) is 0 Å². The summed E-state index contributed by atoms with van der Waals surface area (Å²) >= 11 is 0. The largest absolute Gasteiger partial charge is 0.334 e. The Balaban J connectivity index is 1.91. The lowest BCUT2D eigenvalue weighted by atomic mass is 10.0. The molecule has 2 aromatic carbocycles. The molecule has 1 N–H and O–H groups in total. The number of benzene rings is 2. The van der Waals surface area contributed by atoms with E-state index in [0.29, 0.717) is 11.3 Å². The van der Waals surface area contributed by atoms with Gasteiger partial charge in [-0.25, -0.2) is 9.37 Å². The molecule has 22 heavy (non-hydrogen) atoms. The van der Waals surface area contributed by atoms with Gasteiger partial charge in [0, 0.05) is 18.2 Å². The molecule has 2 heterocycles. The summed E-state index contributed by atoms with van der Waals surface area (Å²) in [7, 11) is 1.95. The zero-order valence-electron chi connectivity index (χ0n) is 11.9. The molecule has 0 saturated carbocycles. The van der Waals surface area contributed by atoms with E-state index in [1.54, 1.807) is 24.7 Å². The molecule has 2 aromatic heterocycles. The number of imidazole rings is 1. The summed E-state index contributed by atoms with van der Waals surface area (Å²) in [6.45, 7) is 0. The van der Waals surface area contributed by atoms with Crippen LogP contribution in [0.2, 0.25) is 0 Å². The zero-order valence-corrected chi connectivity index (χ0v) is 11.9. The van der Waals surface area contributed by atoms with E-state index >= 15 is 0 Å². The van der Waals surface area contributed by atoms with Crippen molar-refractivity contribution >= 4 is 11.0 Å². The molecule has 0 spiro atoms. The van der Waals surface area contributed by atoms with Crippen LogP contribution in [0.25, 0.3) is 33.4 Å². The maximum absolute atomic E-state index is 14.1.